The number of carboxylic acids is 1. The molecule has 126 valence electrons. The zero-order chi connectivity index (χ0) is 17.7. The summed E-state index contributed by atoms with van der Waals surface area (Å²) in [6, 6.07) is 9.54. The van der Waals surface area contributed by atoms with E-state index in [4.69, 9.17) is 14.6 Å². The molecule has 0 saturated heterocycles. The number of benzene rings is 2. The lowest BCUT2D eigenvalue weighted by molar-refractivity contribution is -0.139. The highest BCUT2D eigenvalue weighted by atomic mass is 79.9. The Bertz CT molecular complexity index is 787. The van der Waals surface area contributed by atoms with Crippen molar-refractivity contribution in [3.63, 3.8) is 0 Å². The lowest BCUT2D eigenvalue weighted by Crippen LogP contribution is -2.10. The summed E-state index contributed by atoms with van der Waals surface area (Å²) < 4.78 is 11.1. The zero-order valence-corrected chi connectivity index (χ0v) is 15.3. The number of nitrogens with zero attached hydrogens (tertiary/aromatic N) is 1. The smallest absolute Gasteiger partial charge is 0.341 e. The van der Waals surface area contributed by atoms with Crippen molar-refractivity contribution in [3.05, 3.63) is 51.5 Å². The molecule has 0 aliphatic heterocycles. The van der Waals surface area contributed by atoms with Crippen molar-refractivity contribution < 1.29 is 19.4 Å². The Morgan fingerprint density at radius 1 is 1.25 bits per heavy atom. The molecule has 2 rings (SSSR count). The Kier molecular flexibility index (Phi) is 5.98. The number of hydrogen-bond acceptors (Lipinski definition) is 4. The molecule has 0 saturated carbocycles. The van der Waals surface area contributed by atoms with Crippen LogP contribution in [0.15, 0.2) is 39.8 Å². The average molecular weight is 392 g/mol. The van der Waals surface area contributed by atoms with E-state index >= 15 is 0 Å². The van der Waals surface area contributed by atoms with Gasteiger partial charge in [0.2, 0.25) is 0 Å². The molecule has 0 radical (unpaired) electrons. The number of rotatable bonds is 6. The van der Waals surface area contributed by atoms with Gasteiger partial charge in [-0.05, 0) is 70.7 Å². The van der Waals surface area contributed by atoms with E-state index in [-0.39, 0.29) is 0 Å². The van der Waals surface area contributed by atoms with Gasteiger partial charge in [0.05, 0.1) is 17.3 Å². The number of aliphatic imine (C=N–C) groups is 1. The second-order valence-electron chi connectivity index (χ2n) is 5.24. The van der Waals surface area contributed by atoms with Crippen LogP contribution in [0.2, 0.25) is 0 Å². The maximum Gasteiger partial charge on any atom is 0.341 e. The Balaban J connectivity index is 2.27. The number of methoxy groups -OCH3 is 1. The minimum atomic E-state index is -1.05. The molecule has 2 aromatic rings. The number of halogens is 1. The summed E-state index contributed by atoms with van der Waals surface area (Å²) in [6.45, 7) is 3.66. The van der Waals surface area contributed by atoms with E-state index in [0.717, 1.165) is 11.3 Å². The van der Waals surface area contributed by atoms with Gasteiger partial charge in [0.15, 0.2) is 18.1 Å². The minimum absolute atomic E-state index is 0.350. The van der Waals surface area contributed by atoms with Crippen LogP contribution in [0.1, 0.15) is 16.7 Å². The molecule has 0 aliphatic carbocycles. The molecule has 5 nitrogen and oxygen atoms in total. The first-order chi connectivity index (χ1) is 11.4. The summed E-state index contributed by atoms with van der Waals surface area (Å²) in [7, 11) is 1.50. The topological polar surface area (TPSA) is 68.1 Å². The van der Waals surface area contributed by atoms with Crippen molar-refractivity contribution in [2.24, 2.45) is 4.99 Å². The van der Waals surface area contributed by atoms with E-state index in [9.17, 15) is 4.79 Å². The Morgan fingerprint density at radius 3 is 2.62 bits per heavy atom. The fourth-order valence-electron chi connectivity index (χ4n) is 2.04. The first-order valence-electron chi connectivity index (χ1n) is 7.24. The molecule has 1 N–H and O–H groups in total. The van der Waals surface area contributed by atoms with Crippen molar-refractivity contribution in [1.82, 2.24) is 0 Å². The number of aryl methyl sites for hydroxylation is 2. The van der Waals surface area contributed by atoms with Gasteiger partial charge in [-0.2, -0.15) is 0 Å². The van der Waals surface area contributed by atoms with Gasteiger partial charge in [-0.25, -0.2) is 4.79 Å². The van der Waals surface area contributed by atoms with Crippen LogP contribution < -0.4 is 9.47 Å². The van der Waals surface area contributed by atoms with Crippen LogP contribution in [0.25, 0.3) is 0 Å². The molecule has 0 aliphatic rings. The normalized spacial score (nSPS) is 10.8. The molecule has 0 atom stereocenters. The number of hydrogen-bond donors (Lipinski definition) is 1. The third-order valence-corrected chi connectivity index (χ3v) is 4.03. The van der Waals surface area contributed by atoms with Crippen molar-refractivity contribution in [3.8, 4) is 11.5 Å². The molecular weight excluding hydrogens is 374 g/mol. The van der Waals surface area contributed by atoms with E-state index in [0.29, 0.717) is 16.0 Å². The molecule has 0 heterocycles. The fourth-order valence-corrected chi connectivity index (χ4v) is 2.62. The largest absolute Gasteiger partial charge is 0.493 e. The number of ether oxygens (including phenoxy) is 2. The van der Waals surface area contributed by atoms with E-state index in [1.54, 1.807) is 18.3 Å². The molecule has 0 fully saturated rings. The van der Waals surface area contributed by atoms with Crippen LogP contribution >= 0.6 is 15.9 Å². The lowest BCUT2D eigenvalue weighted by atomic mass is 10.1. The average Bonchev–Trinajstić information content (AvgIpc) is 2.54. The van der Waals surface area contributed by atoms with Gasteiger partial charge in [0.1, 0.15) is 0 Å². The molecule has 2 aromatic carbocycles. The summed E-state index contributed by atoms with van der Waals surface area (Å²) in [4.78, 5) is 15.1. The van der Waals surface area contributed by atoms with Gasteiger partial charge in [-0.3, -0.25) is 4.99 Å². The molecule has 6 heteroatoms. The Hall–Kier alpha value is -2.34. The summed E-state index contributed by atoms with van der Waals surface area (Å²) >= 11 is 3.38. The van der Waals surface area contributed by atoms with E-state index in [2.05, 4.69) is 27.8 Å². The van der Waals surface area contributed by atoms with Crippen LogP contribution in [0.3, 0.4) is 0 Å². The third-order valence-electron chi connectivity index (χ3n) is 3.44. The van der Waals surface area contributed by atoms with Crippen LogP contribution in [0, 0.1) is 13.8 Å². The molecule has 0 unspecified atom stereocenters. The van der Waals surface area contributed by atoms with Gasteiger partial charge in [0.25, 0.3) is 0 Å². The van der Waals surface area contributed by atoms with Crippen molar-refractivity contribution in [2.45, 2.75) is 13.8 Å². The van der Waals surface area contributed by atoms with Crippen molar-refractivity contribution in [1.29, 1.82) is 0 Å². The quantitative estimate of drug-likeness (QED) is 0.745. The maximum absolute atomic E-state index is 10.7. The second-order valence-corrected chi connectivity index (χ2v) is 6.10. The highest BCUT2D eigenvalue weighted by Gasteiger charge is 2.12. The molecular formula is C18H18BrNO4. The van der Waals surface area contributed by atoms with Crippen LogP contribution in [0.5, 0.6) is 11.5 Å². The van der Waals surface area contributed by atoms with Crippen LogP contribution in [0.4, 0.5) is 5.69 Å². The SMILES string of the molecule is COc1cc(C=Nc2ccc(C)c(C)c2)cc(Br)c1OCC(=O)O. The lowest BCUT2D eigenvalue weighted by Gasteiger charge is -2.12. The van der Waals surface area contributed by atoms with Crippen LogP contribution in [-0.2, 0) is 4.79 Å². The van der Waals surface area contributed by atoms with Crippen LogP contribution in [-0.4, -0.2) is 31.0 Å². The summed E-state index contributed by atoms with van der Waals surface area (Å²) in [5, 5.41) is 8.73. The Labute approximate surface area is 149 Å². The summed E-state index contributed by atoms with van der Waals surface area (Å²) in [6.07, 6.45) is 1.72. The Morgan fingerprint density at radius 2 is 2.00 bits per heavy atom. The van der Waals surface area contributed by atoms with E-state index in [1.165, 1.54) is 18.2 Å². The van der Waals surface area contributed by atoms with Gasteiger partial charge in [-0.1, -0.05) is 6.07 Å². The summed E-state index contributed by atoms with van der Waals surface area (Å²) in [5.41, 5.74) is 4.07. The predicted molar refractivity (Wildman–Crippen MR) is 97.0 cm³/mol. The molecule has 0 aromatic heterocycles. The number of aliphatic carboxylic acids is 1. The summed E-state index contributed by atoms with van der Waals surface area (Å²) in [5.74, 6) is -0.264. The zero-order valence-electron chi connectivity index (χ0n) is 13.7. The first-order valence-corrected chi connectivity index (χ1v) is 8.03. The minimum Gasteiger partial charge on any atom is -0.493 e. The van der Waals surface area contributed by atoms with Gasteiger partial charge >= 0.3 is 5.97 Å². The highest BCUT2D eigenvalue weighted by Crippen LogP contribution is 2.36. The predicted octanol–water partition coefficient (Wildman–Crippen LogP) is 4.29. The van der Waals surface area contributed by atoms with E-state index < -0.39 is 12.6 Å². The third kappa shape index (κ3) is 4.58. The van der Waals surface area contributed by atoms with Gasteiger partial charge in [-0.15, -0.1) is 0 Å². The molecule has 0 bridgehead atoms. The van der Waals surface area contributed by atoms with Crippen molar-refractivity contribution >= 4 is 33.8 Å². The first kappa shape index (κ1) is 18.0. The number of carboxylic acid groups (broad SMARTS) is 1. The molecule has 24 heavy (non-hydrogen) atoms. The fraction of sp³-hybridized carbons (Fsp3) is 0.222. The molecule has 0 spiro atoms. The maximum atomic E-state index is 10.7. The highest BCUT2D eigenvalue weighted by molar-refractivity contribution is 9.10. The van der Waals surface area contributed by atoms with Crippen molar-refractivity contribution in [2.75, 3.05) is 13.7 Å². The molecule has 0 amide bonds. The second kappa shape index (κ2) is 7.97. The number of carbonyl (C=O) groups is 1. The standard InChI is InChI=1S/C18H18BrNO4/c1-11-4-5-14(6-12(11)2)20-9-13-7-15(19)18(16(8-13)23-3)24-10-17(21)22/h4-9H,10H2,1-3H3,(H,21,22). The van der Waals surface area contributed by atoms with Gasteiger partial charge < -0.3 is 14.6 Å². The van der Waals surface area contributed by atoms with Gasteiger partial charge in [0, 0.05) is 6.21 Å². The van der Waals surface area contributed by atoms with E-state index in [1.807, 2.05) is 25.1 Å². The monoisotopic (exact) mass is 391 g/mol.